The molecular weight excluding hydrogens is 336 g/mol. The summed E-state index contributed by atoms with van der Waals surface area (Å²) in [5.41, 5.74) is 2.49. The monoisotopic (exact) mass is 352 g/mol. The van der Waals surface area contributed by atoms with E-state index in [1.807, 2.05) is 36.4 Å². The van der Waals surface area contributed by atoms with Crippen molar-refractivity contribution < 1.29 is 14.3 Å². The summed E-state index contributed by atoms with van der Waals surface area (Å²) in [5.74, 6) is 2.08. The molecule has 0 fully saturated rings. The number of hydrogen-bond donors (Lipinski definition) is 0. The van der Waals surface area contributed by atoms with Crippen LogP contribution in [0.3, 0.4) is 0 Å². The minimum atomic E-state index is -0.103. The summed E-state index contributed by atoms with van der Waals surface area (Å²) >= 11 is 1.55. The summed E-state index contributed by atoms with van der Waals surface area (Å²) in [4.78, 5) is 18.5. The number of aliphatic imine (C=N–C) groups is 1. The summed E-state index contributed by atoms with van der Waals surface area (Å²) in [6.45, 7) is 0.232. The molecule has 0 unspecified atom stereocenters. The average Bonchev–Trinajstić information content (AvgIpc) is 3.21. The van der Waals surface area contributed by atoms with Crippen molar-refractivity contribution in [2.24, 2.45) is 4.99 Å². The third-order valence-corrected chi connectivity index (χ3v) is 5.04. The zero-order chi connectivity index (χ0) is 17.2. The molecule has 2 aliphatic rings. The first-order valence-corrected chi connectivity index (χ1v) is 8.84. The quantitative estimate of drug-likeness (QED) is 0.793. The van der Waals surface area contributed by atoms with E-state index in [4.69, 9.17) is 9.47 Å². The van der Waals surface area contributed by atoms with Crippen LogP contribution in [0.1, 0.15) is 11.1 Å². The van der Waals surface area contributed by atoms with Gasteiger partial charge in [0.2, 0.25) is 6.79 Å². The Morgan fingerprint density at radius 1 is 1.16 bits per heavy atom. The van der Waals surface area contributed by atoms with Crippen molar-refractivity contribution in [3.8, 4) is 11.5 Å². The molecule has 0 N–H and O–H groups in total. The van der Waals surface area contributed by atoms with Gasteiger partial charge in [0.1, 0.15) is 5.70 Å². The zero-order valence-corrected chi connectivity index (χ0v) is 14.5. The number of ether oxygens (including phenoxy) is 2. The normalized spacial score (nSPS) is 17.3. The van der Waals surface area contributed by atoms with Gasteiger partial charge in [0.15, 0.2) is 16.7 Å². The van der Waals surface area contributed by atoms with Crippen LogP contribution in [0.15, 0.2) is 59.2 Å². The number of nitrogens with zero attached hydrogens (tertiary/aromatic N) is 2. The Bertz CT molecular complexity index is 877. The summed E-state index contributed by atoms with van der Waals surface area (Å²) in [6, 6.07) is 15.7. The fraction of sp³-hybridized carbons (Fsp3) is 0.158. The third kappa shape index (κ3) is 3.25. The predicted molar refractivity (Wildman–Crippen MR) is 98.5 cm³/mol. The summed E-state index contributed by atoms with van der Waals surface area (Å²) < 4.78 is 10.7. The molecule has 0 radical (unpaired) electrons. The van der Waals surface area contributed by atoms with E-state index >= 15 is 0 Å². The van der Waals surface area contributed by atoms with E-state index in [1.54, 1.807) is 29.8 Å². The summed E-state index contributed by atoms with van der Waals surface area (Å²) in [5, 5.41) is 0.709. The van der Waals surface area contributed by atoms with Crippen molar-refractivity contribution in [3.05, 3.63) is 65.4 Å². The number of hydrogen-bond acceptors (Lipinski definition) is 5. The second-order valence-corrected chi connectivity index (χ2v) is 6.62. The highest BCUT2D eigenvalue weighted by atomic mass is 32.2. The van der Waals surface area contributed by atoms with Gasteiger partial charge in [-0.3, -0.25) is 9.69 Å². The van der Waals surface area contributed by atoms with Crippen molar-refractivity contribution in [2.75, 3.05) is 13.8 Å². The number of thioether (sulfide) groups is 1. The molecule has 0 spiro atoms. The Morgan fingerprint density at radius 2 is 1.96 bits per heavy atom. The van der Waals surface area contributed by atoms with E-state index < -0.39 is 0 Å². The van der Waals surface area contributed by atoms with Gasteiger partial charge in [-0.25, -0.2) is 4.99 Å². The van der Waals surface area contributed by atoms with Gasteiger partial charge in [0.05, 0.1) is 0 Å². The van der Waals surface area contributed by atoms with Gasteiger partial charge in [0, 0.05) is 12.8 Å². The van der Waals surface area contributed by atoms with Crippen LogP contribution in [0.4, 0.5) is 0 Å². The molecule has 126 valence electrons. The van der Waals surface area contributed by atoms with Crippen molar-refractivity contribution in [1.29, 1.82) is 0 Å². The molecule has 5 nitrogen and oxygen atoms in total. The molecule has 2 heterocycles. The van der Waals surface area contributed by atoms with Gasteiger partial charge in [0.25, 0.3) is 5.91 Å². The van der Waals surface area contributed by atoms with E-state index in [0.29, 0.717) is 16.6 Å². The number of carbonyl (C=O) groups excluding carboxylic acids is 1. The molecule has 0 aromatic heterocycles. The Labute approximate surface area is 150 Å². The van der Waals surface area contributed by atoms with Crippen LogP contribution in [0.5, 0.6) is 11.5 Å². The van der Waals surface area contributed by atoms with Crippen LogP contribution in [0.2, 0.25) is 0 Å². The Kier molecular flexibility index (Phi) is 4.19. The molecule has 0 atom stereocenters. The minimum absolute atomic E-state index is 0.103. The summed E-state index contributed by atoms with van der Waals surface area (Å²) in [6.07, 6.45) is 1.77. The van der Waals surface area contributed by atoms with Crippen LogP contribution >= 0.6 is 11.8 Å². The van der Waals surface area contributed by atoms with Crippen molar-refractivity contribution in [3.63, 3.8) is 0 Å². The Hall–Kier alpha value is -2.73. The highest BCUT2D eigenvalue weighted by molar-refractivity contribution is 8.13. The lowest BCUT2D eigenvalue weighted by Gasteiger charge is -2.10. The molecule has 4 rings (SSSR count). The van der Waals surface area contributed by atoms with E-state index in [2.05, 4.69) is 17.1 Å². The molecule has 1 amide bonds. The zero-order valence-electron chi connectivity index (χ0n) is 13.6. The van der Waals surface area contributed by atoms with E-state index in [1.165, 1.54) is 5.56 Å². The number of fused-ring (bicyclic) bond motifs is 1. The number of amides is 1. The smallest absolute Gasteiger partial charge is 0.278 e. The molecule has 2 aromatic carbocycles. The van der Waals surface area contributed by atoms with Gasteiger partial charge in [-0.2, -0.15) is 0 Å². The van der Waals surface area contributed by atoms with Gasteiger partial charge < -0.3 is 9.47 Å². The fourth-order valence-electron chi connectivity index (χ4n) is 2.59. The maximum atomic E-state index is 12.4. The van der Waals surface area contributed by atoms with Crippen LogP contribution < -0.4 is 9.47 Å². The minimum Gasteiger partial charge on any atom is -0.454 e. The topological polar surface area (TPSA) is 51.1 Å². The lowest BCUT2D eigenvalue weighted by Crippen LogP contribution is -2.25. The largest absolute Gasteiger partial charge is 0.454 e. The second-order valence-electron chi connectivity index (χ2n) is 5.68. The predicted octanol–water partition coefficient (Wildman–Crippen LogP) is 3.52. The van der Waals surface area contributed by atoms with Crippen molar-refractivity contribution in [1.82, 2.24) is 4.90 Å². The van der Waals surface area contributed by atoms with Gasteiger partial charge in [-0.05, 0) is 29.3 Å². The number of rotatable bonds is 3. The Morgan fingerprint density at radius 3 is 2.80 bits per heavy atom. The van der Waals surface area contributed by atoms with Crippen LogP contribution in [0, 0.1) is 0 Å². The van der Waals surface area contributed by atoms with Crippen LogP contribution in [-0.2, 0) is 10.5 Å². The molecule has 0 bridgehead atoms. The van der Waals surface area contributed by atoms with Crippen LogP contribution in [-0.4, -0.2) is 29.8 Å². The SMILES string of the molecule is CN1C(=O)/C(=C\c2ccc3c(c2)OCO3)N=C1SCc1ccccc1. The molecule has 2 aliphatic heterocycles. The molecule has 25 heavy (non-hydrogen) atoms. The molecule has 0 saturated heterocycles. The number of benzene rings is 2. The number of likely N-dealkylation sites (N-methyl/N-ethyl adjacent to an activating group) is 1. The second kappa shape index (κ2) is 6.64. The highest BCUT2D eigenvalue weighted by Crippen LogP contribution is 2.33. The first-order valence-electron chi connectivity index (χ1n) is 7.85. The van der Waals surface area contributed by atoms with Gasteiger partial charge >= 0.3 is 0 Å². The van der Waals surface area contributed by atoms with Gasteiger partial charge in [-0.1, -0.05) is 48.2 Å². The first kappa shape index (κ1) is 15.8. The average molecular weight is 352 g/mol. The lowest BCUT2D eigenvalue weighted by molar-refractivity contribution is -0.121. The molecule has 0 saturated carbocycles. The molecule has 6 heteroatoms. The Balaban J connectivity index is 1.53. The lowest BCUT2D eigenvalue weighted by atomic mass is 10.1. The number of carbonyl (C=O) groups is 1. The fourth-order valence-corrected chi connectivity index (χ4v) is 3.52. The van der Waals surface area contributed by atoms with E-state index in [0.717, 1.165) is 17.1 Å². The van der Waals surface area contributed by atoms with E-state index in [9.17, 15) is 4.79 Å². The standard InChI is InChI=1S/C19H16N2O3S/c1-21-18(22)15(9-14-7-8-16-17(10-14)24-12-23-16)20-19(21)25-11-13-5-3-2-4-6-13/h2-10H,11-12H2,1H3/b15-9+. The molecular formula is C19H16N2O3S. The molecule has 2 aromatic rings. The highest BCUT2D eigenvalue weighted by Gasteiger charge is 2.27. The van der Waals surface area contributed by atoms with E-state index in [-0.39, 0.29) is 12.7 Å². The maximum Gasteiger partial charge on any atom is 0.278 e. The third-order valence-electron chi connectivity index (χ3n) is 3.94. The van der Waals surface area contributed by atoms with Crippen LogP contribution in [0.25, 0.3) is 6.08 Å². The maximum absolute atomic E-state index is 12.4. The van der Waals surface area contributed by atoms with Crippen molar-refractivity contribution >= 4 is 28.9 Å². The summed E-state index contributed by atoms with van der Waals surface area (Å²) in [7, 11) is 1.75. The van der Waals surface area contributed by atoms with Gasteiger partial charge in [-0.15, -0.1) is 0 Å². The molecule has 0 aliphatic carbocycles. The van der Waals surface area contributed by atoms with Crippen molar-refractivity contribution in [2.45, 2.75) is 5.75 Å². The number of amidine groups is 1. The first-order chi connectivity index (χ1) is 12.2.